The van der Waals surface area contributed by atoms with E-state index in [0.717, 1.165) is 32.0 Å². The number of nitrogens with zero attached hydrogens (tertiary/aromatic N) is 2. The largest absolute Gasteiger partial charge is 0.314 e. The standard InChI is InChI=1S/C16H21N3S/c1-2-12(6-9-19-10-7-17-8-11-19)15-14(3-1)20-16(18-15)13-4-5-13/h1-3,13,17H,4-11H2. The third-order valence-corrected chi connectivity index (χ3v) is 5.54. The fourth-order valence-corrected chi connectivity index (χ4v) is 4.13. The van der Waals surface area contributed by atoms with E-state index < -0.39 is 0 Å². The molecule has 0 spiro atoms. The van der Waals surface area contributed by atoms with Gasteiger partial charge in [0.1, 0.15) is 0 Å². The Hall–Kier alpha value is -0.970. The van der Waals surface area contributed by atoms with Crippen molar-refractivity contribution in [3.05, 3.63) is 28.8 Å². The molecule has 0 amide bonds. The molecule has 2 fully saturated rings. The number of nitrogens with one attached hydrogen (secondary N) is 1. The monoisotopic (exact) mass is 287 g/mol. The highest BCUT2D eigenvalue weighted by molar-refractivity contribution is 7.18. The lowest BCUT2D eigenvalue weighted by Gasteiger charge is -2.27. The number of para-hydroxylation sites is 1. The molecule has 1 aliphatic heterocycles. The molecule has 4 heteroatoms. The van der Waals surface area contributed by atoms with Crippen molar-refractivity contribution in [1.82, 2.24) is 15.2 Å². The summed E-state index contributed by atoms with van der Waals surface area (Å²) >= 11 is 1.91. The van der Waals surface area contributed by atoms with E-state index in [1.807, 2.05) is 11.3 Å². The number of rotatable bonds is 4. The van der Waals surface area contributed by atoms with Crippen LogP contribution in [0.2, 0.25) is 0 Å². The van der Waals surface area contributed by atoms with E-state index >= 15 is 0 Å². The Labute approximate surface area is 124 Å². The van der Waals surface area contributed by atoms with Gasteiger partial charge in [-0.1, -0.05) is 12.1 Å². The van der Waals surface area contributed by atoms with Crippen molar-refractivity contribution in [2.24, 2.45) is 0 Å². The highest BCUT2D eigenvalue weighted by Crippen LogP contribution is 2.43. The van der Waals surface area contributed by atoms with Gasteiger partial charge in [0, 0.05) is 38.6 Å². The van der Waals surface area contributed by atoms with Crippen molar-refractivity contribution < 1.29 is 0 Å². The van der Waals surface area contributed by atoms with Crippen LogP contribution in [0, 0.1) is 0 Å². The first-order valence-electron chi connectivity index (χ1n) is 7.71. The van der Waals surface area contributed by atoms with Gasteiger partial charge in [0.25, 0.3) is 0 Å². The summed E-state index contributed by atoms with van der Waals surface area (Å²) in [6.45, 7) is 5.79. The minimum atomic E-state index is 0.772. The molecule has 1 aromatic heterocycles. The molecule has 1 aromatic carbocycles. The SMILES string of the molecule is c1cc(CCN2CCNCC2)c2nc(C3CC3)sc2c1. The summed E-state index contributed by atoms with van der Waals surface area (Å²) in [7, 11) is 0. The summed E-state index contributed by atoms with van der Waals surface area (Å²) in [5.74, 6) is 0.772. The molecule has 106 valence electrons. The van der Waals surface area contributed by atoms with Crippen LogP contribution in [0.1, 0.15) is 29.3 Å². The van der Waals surface area contributed by atoms with E-state index in [-0.39, 0.29) is 0 Å². The zero-order valence-corrected chi connectivity index (χ0v) is 12.6. The van der Waals surface area contributed by atoms with E-state index in [2.05, 4.69) is 28.4 Å². The Kier molecular flexibility index (Phi) is 3.46. The third kappa shape index (κ3) is 2.60. The average Bonchev–Trinajstić information content (AvgIpc) is 3.25. The van der Waals surface area contributed by atoms with Crippen molar-refractivity contribution in [1.29, 1.82) is 0 Å². The van der Waals surface area contributed by atoms with Crippen LogP contribution in [0.15, 0.2) is 18.2 Å². The number of hydrogen-bond acceptors (Lipinski definition) is 4. The van der Waals surface area contributed by atoms with Crippen molar-refractivity contribution in [2.45, 2.75) is 25.2 Å². The maximum atomic E-state index is 4.93. The van der Waals surface area contributed by atoms with Gasteiger partial charge in [-0.15, -0.1) is 11.3 Å². The number of fused-ring (bicyclic) bond motifs is 1. The summed E-state index contributed by atoms with van der Waals surface area (Å²) in [6.07, 6.45) is 3.82. The minimum absolute atomic E-state index is 0.772. The minimum Gasteiger partial charge on any atom is -0.314 e. The lowest BCUT2D eigenvalue weighted by Crippen LogP contribution is -2.44. The zero-order chi connectivity index (χ0) is 13.4. The van der Waals surface area contributed by atoms with Crippen LogP contribution in [-0.2, 0) is 6.42 Å². The Morgan fingerprint density at radius 1 is 1.25 bits per heavy atom. The Morgan fingerprint density at radius 3 is 2.90 bits per heavy atom. The molecular formula is C16H21N3S. The van der Waals surface area contributed by atoms with Gasteiger partial charge < -0.3 is 10.2 Å². The van der Waals surface area contributed by atoms with Crippen LogP contribution in [0.5, 0.6) is 0 Å². The van der Waals surface area contributed by atoms with E-state index in [9.17, 15) is 0 Å². The molecule has 4 rings (SSSR count). The second-order valence-electron chi connectivity index (χ2n) is 5.93. The normalized spacial score (nSPS) is 20.6. The molecule has 0 unspecified atom stereocenters. The summed E-state index contributed by atoms with van der Waals surface area (Å²) in [6, 6.07) is 6.69. The molecule has 0 radical (unpaired) electrons. The van der Waals surface area contributed by atoms with Crippen molar-refractivity contribution in [3.63, 3.8) is 0 Å². The molecule has 3 nitrogen and oxygen atoms in total. The van der Waals surface area contributed by atoms with Gasteiger partial charge in [-0.05, 0) is 30.9 Å². The van der Waals surface area contributed by atoms with Gasteiger partial charge in [-0.3, -0.25) is 0 Å². The second-order valence-corrected chi connectivity index (χ2v) is 6.99. The summed E-state index contributed by atoms with van der Waals surface area (Å²) in [5, 5.41) is 4.78. The van der Waals surface area contributed by atoms with E-state index in [1.54, 1.807) is 0 Å². The summed E-state index contributed by atoms with van der Waals surface area (Å²) in [4.78, 5) is 7.49. The summed E-state index contributed by atoms with van der Waals surface area (Å²) in [5.41, 5.74) is 2.71. The van der Waals surface area contributed by atoms with Gasteiger partial charge in [0.05, 0.1) is 15.2 Å². The second kappa shape index (κ2) is 5.43. The molecule has 2 heterocycles. The van der Waals surface area contributed by atoms with Crippen molar-refractivity contribution in [2.75, 3.05) is 32.7 Å². The molecule has 1 N–H and O–H groups in total. The quantitative estimate of drug-likeness (QED) is 0.937. The first kappa shape index (κ1) is 12.7. The Bertz CT molecular complexity index is 597. The van der Waals surface area contributed by atoms with Gasteiger partial charge >= 0.3 is 0 Å². The molecule has 2 aliphatic rings. The Balaban J connectivity index is 1.52. The molecule has 0 bridgehead atoms. The molecule has 1 saturated heterocycles. The number of hydrogen-bond donors (Lipinski definition) is 1. The van der Waals surface area contributed by atoms with Crippen LogP contribution in [0.3, 0.4) is 0 Å². The molecular weight excluding hydrogens is 266 g/mol. The number of thiazole rings is 1. The van der Waals surface area contributed by atoms with Gasteiger partial charge in [-0.25, -0.2) is 4.98 Å². The number of piperazine rings is 1. The first-order valence-corrected chi connectivity index (χ1v) is 8.53. The Morgan fingerprint density at radius 2 is 2.10 bits per heavy atom. The van der Waals surface area contributed by atoms with Gasteiger partial charge in [-0.2, -0.15) is 0 Å². The number of benzene rings is 1. The molecule has 2 aromatic rings. The third-order valence-electron chi connectivity index (χ3n) is 4.35. The average molecular weight is 287 g/mol. The first-order chi connectivity index (χ1) is 9.90. The molecule has 1 aliphatic carbocycles. The van der Waals surface area contributed by atoms with E-state index in [1.165, 1.54) is 46.7 Å². The predicted octanol–water partition coefficient (Wildman–Crippen LogP) is 2.62. The molecule has 0 atom stereocenters. The zero-order valence-electron chi connectivity index (χ0n) is 11.8. The van der Waals surface area contributed by atoms with Crippen LogP contribution in [0.4, 0.5) is 0 Å². The van der Waals surface area contributed by atoms with Crippen LogP contribution in [-0.4, -0.2) is 42.6 Å². The van der Waals surface area contributed by atoms with Gasteiger partial charge in [0.2, 0.25) is 0 Å². The van der Waals surface area contributed by atoms with Crippen LogP contribution >= 0.6 is 11.3 Å². The fourth-order valence-electron chi connectivity index (χ4n) is 2.94. The van der Waals surface area contributed by atoms with Crippen molar-refractivity contribution >= 4 is 21.6 Å². The van der Waals surface area contributed by atoms with Crippen LogP contribution in [0.25, 0.3) is 10.2 Å². The van der Waals surface area contributed by atoms with Gasteiger partial charge in [0.15, 0.2) is 0 Å². The van der Waals surface area contributed by atoms with Crippen LogP contribution < -0.4 is 5.32 Å². The lowest BCUT2D eigenvalue weighted by atomic mass is 10.1. The van der Waals surface area contributed by atoms with E-state index in [4.69, 9.17) is 4.98 Å². The highest BCUT2D eigenvalue weighted by Gasteiger charge is 2.27. The maximum Gasteiger partial charge on any atom is 0.0969 e. The molecule has 1 saturated carbocycles. The lowest BCUT2D eigenvalue weighted by molar-refractivity contribution is 0.244. The topological polar surface area (TPSA) is 28.2 Å². The van der Waals surface area contributed by atoms with Crippen molar-refractivity contribution in [3.8, 4) is 0 Å². The highest BCUT2D eigenvalue weighted by atomic mass is 32.1. The molecule has 20 heavy (non-hydrogen) atoms. The predicted molar refractivity (Wildman–Crippen MR) is 84.6 cm³/mol. The smallest absolute Gasteiger partial charge is 0.0969 e. The number of aromatic nitrogens is 1. The summed E-state index contributed by atoms with van der Waals surface area (Å²) < 4.78 is 1.38. The van der Waals surface area contributed by atoms with E-state index in [0.29, 0.717) is 0 Å². The maximum absolute atomic E-state index is 4.93. The fraction of sp³-hybridized carbons (Fsp3) is 0.562.